The molecule has 1 aliphatic rings. The quantitative estimate of drug-likeness (QED) is 0.466. The molecule has 35 heavy (non-hydrogen) atoms. The van der Waals surface area contributed by atoms with Crippen LogP contribution in [-0.4, -0.2) is 57.1 Å². The maximum Gasteiger partial charge on any atom is 0.272 e. The van der Waals surface area contributed by atoms with Gasteiger partial charge in [0.2, 0.25) is 0 Å². The van der Waals surface area contributed by atoms with E-state index in [0.717, 1.165) is 29.5 Å². The third kappa shape index (κ3) is 4.83. The number of hydrogen-bond donors (Lipinski definition) is 1. The smallest absolute Gasteiger partial charge is 0.272 e. The molecule has 7 nitrogen and oxygen atoms in total. The molecule has 0 radical (unpaired) electrons. The summed E-state index contributed by atoms with van der Waals surface area (Å²) in [4.78, 5) is 33.4. The van der Waals surface area contributed by atoms with Gasteiger partial charge in [0.25, 0.3) is 11.5 Å². The third-order valence-corrected chi connectivity index (χ3v) is 6.64. The first-order valence-electron chi connectivity index (χ1n) is 11.6. The minimum absolute atomic E-state index is 0.0618. The first kappa shape index (κ1) is 22.9. The Morgan fingerprint density at radius 3 is 2.77 bits per heavy atom. The first-order valence-corrected chi connectivity index (χ1v) is 11.6. The molecule has 0 saturated carbocycles. The summed E-state index contributed by atoms with van der Waals surface area (Å²) in [7, 11) is 2.04. The third-order valence-electron chi connectivity index (χ3n) is 6.64. The van der Waals surface area contributed by atoms with E-state index in [1.165, 1.54) is 6.07 Å². The lowest BCUT2D eigenvalue weighted by molar-refractivity contribution is 0.0775. The van der Waals surface area contributed by atoms with Crippen molar-refractivity contribution in [2.24, 2.45) is 0 Å². The topological polar surface area (TPSA) is 82.2 Å². The summed E-state index contributed by atoms with van der Waals surface area (Å²) in [6, 6.07) is 16.0. The van der Waals surface area contributed by atoms with E-state index in [4.69, 9.17) is 0 Å². The number of pyridine rings is 1. The van der Waals surface area contributed by atoms with Crippen LogP contribution in [0.2, 0.25) is 0 Å². The molecule has 1 aliphatic heterocycles. The molecule has 0 spiro atoms. The van der Waals surface area contributed by atoms with E-state index in [-0.39, 0.29) is 23.1 Å². The molecule has 1 saturated heterocycles. The number of likely N-dealkylation sites (N-methyl/N-ethyl adjacent to an activating group) is 1. The number of benzene rings is 2. The highest BCUT2D eigenvalue weighted by molar-refractivity contribution is 5.95. The number of hydrogen-bond acceptors (Lipinski definition) is 5. The van der Waals surface area contributed by atoms with Crippen LogP contribution in [0.3, 0.4) is 0 Å². The fourth-order valence-corrected chi connectivity index (χ4v) is 4.71. The average molecular weight is 472 g/mol. The van der Waals surface area contributed by atoms with Gasteiger partial charge in [0.15, 0.2) is 0 Å². The molecule has 4 aromatic rings. The highest BCUT2D eigenvalue weighted by atomic mass is 19.1. The van der Waals surface area contributed by atoms with E-state index < -0.39 is 5.82 Å². The molecule has 0 unspecified atom stereocenters. The molecule has 0 aliphatic carbocycles. The van der Waals surface area contributed by atoms with Gasteiger partial charge in [0.05, 0.1) is 16.6 Å². The van der Waals surface area contributed by atoms with Crippen molar-refractivity contribution in [3.8, 4) is 0 Å². The number of amides is 1. The van der Waals surface area contributed by atoms with E-state index in [1.54, 1.807) is 35.4 Å². The minimum Gasteiger partial charge on any atom is -0.337 e. The zero-order chi connectivity index (χ0) is 24.4. The number of H-pyrrole nitrogens is 1. The summed E-state index contributed by atoms with van der Waals surface area (Å²) in [5, 5.41) is 8.02. The summed E-state index contributed by atoms with van der Waals surface area (Å²) in [5.74, 6) is -0.842. The predicted molar refractivity (Wildman–Crippen MR) is 132 cm³/mol. The average Bonchev–Trinajstić information content (AvgIpc) is 3.38. The van der Waals surface area contributed by atoms with Crippen LogP contribution < -0.4 is 5.56 Å². The number of likely N-dealkylation sites (tertiary alicyclic amines) is 1. The van der Waals surface area contributed by atoms with Crippen molar-refractivity contribution in [3.63, 3.8) is 0 Å². The zero-order valence-corrected chi connectivity index (χ0v) is 19.4. The molecule has 1 N–H and O–H groups in total. The second-order valence-corrected chi connectivity index (χ2v) is 9.01. The second kappa shape index (κ2) is 9.76. The Balaban J connectivity index is 1.32. The lowest BCUT2D eigenvalue weighted by Gasteiger charge is -2.24. The van der Waals surface area contributed by atoms with Crippen molar-refractivity contribution in [2.75, 3.05) is 20.1 Å². The van der Waals surface area contributed by atoms with E-state index in [9.17, 15) is 14.0 Å². The first-order chi connectivity index (χ1) is 17.0. The molecule has 1 fully saturated rings. The van der Waals surface area contributed by atoms with Crippen LogP contribution in [-0.2, 0) is 13.0 Å². The van der Waals surface area contributed by atoms with Crippen molar-refractivity contribution in [1.82, 2.24) is 25.0 Å². The van der Waals surface area contributed by atoms with E-state index in [1.807, 2.05) is 37.5 Å². The van der Waals surface area contributed by atoms with Crippen molar-refractivity contribution in [3.05, 3.63) is 106 Å². The minimum atomic E-state index is -0.537. The van der Waals surface area contributed by atoms with Crippen LogP contribution in [0.15, 0.2) is 71.8 Å². The van der Waals surface area contributed by atoms with Gasteiger partial charge in [-0.3, -0.25) is 19.5 Å². The monoisotopic (exact) mass is 471 g/mol. The van der Waals surface area contributed by atoms with Crippen LogP contribution in [0.25, 0.3) is 10.8 Å². The number of aromatic amines is 1. The van der Waals surface area contributed by atoms with Crippen LogP contribution in [0, 0.1) is 5.82 Å². The summed E-state index contributed by atoms with van der Waals surface area (Å²) in [6.45, 7) is 1.87. The van der Waals surface area contributed by atoms with Crippen LogP contribution in [0.1, 0.15) is 33.6 Å². The molecule has 2 aromatic heterocycles. The lowest BCUT2D eigenvalue weighted by atomic mass is 10.0. The highest BCUT2D eigenvalue weighted by Gasteiger charge is 2.30. The van der Waals surface area contributed by atoms with Crippen molar-refractivity contribution in [2.45, 2.75) is 25.4 Å². The summed E-state index contributed by atoms with van der Waals surface area (Å²) >= 11 is 0. The predicted octanol–water partition coefficient (Wildman–Crippen LogP) is 3.39. The van der Waals surface area contributed by atoms with E-state index in [0.29, 0.717) is 30.6 Å². The van der Waals surface area contributed by atoms with E-state index in [2.05, 4.69) is 20.1 Å². The van der Waals surface area contributed by atoms with Crippen molar-refractivity contribution in [1.29, 1.82) is 0 Å². The number of halogens is 1. The van der Waals surface area contributed by atoms with E-state index >= 15 is 0 Å². The molecule has 0 bridgehead atoms. The fraction of sp³-hybridized carbons (Fsp3) is 0.259. The van der Waals surface area contributed by atoms with Gasteiger partial charge in [-0.2, -0.15) is 5.10 Å². The number of nitrogens with zero attached hydrogens (tertiary/aromatic N) is 4. The molecule has 178 valence electrons. The SMILES string of the molecule is CN(Cc1cccnc1)[C@@H]1CCN(C(=O)c2cc(Cc3n[nH]c(=O)c4ccccc34)ccc2F)C1. The number of carbonyl (C=O) groups excluding carboxylic acids is 1. The molecular formula is C27H26FN5O2. The largest absolute Gasteiger partial charge is 0.337 e. The normalized spacial score (nSPS) is 15.7. The summed E-state index contributed by atoms with van der Waals surface area (Å²) < 4.78 is 14.7. The number of fused-ring (bicyclic) bond motifs is 1. The van der Waals surface area contributed by atoms with Crippen LogP contribution in [0.4, 0.5) is 4.39 Å². The summed E-state index contributed by atoms with van der Waals surface area (Å²) in [5.41, 5.74) is 2.34. The van der Waals surface area contributed by atoms with Crippen LogP contribution in [0.5, 0.6) is 0 Å². The van der Waals surface area contributed by atoms with Crippen LogP contribution >= 0.6 is 0 Å². The lowest BCUT2D eigenvalue weighted by Crippen LogP contribution is -2.36. The maximum atomic E-state index is 14.7. The van der Waals surface area contributed by atoms with Crippen molar-refractivity contribution >= 4 is 16.7 Å². The zero-order valence-electron chi connectivity index (χ0n) is 19.4. The van der Waals surface area contributed by atoms with Gasteiger partial charge in [-0.1, -0.05) is 30.3 Å². The Labute approximate surface area is 202 Å². The Hall–Kier alpha value is -3.91. The Bertz CT molecular complexity index is 1420. The van der Waals surface area contributed by atoms with Crippen molar-refractivity contribution < 1.29 is 9.18 Å². The molecule has 5 rings (SSSR count). The summed E-state index contributed by atoms with van der Waals surface area (Å²) in [6.07, 6.45) is 4.79. The highest BCUT2D eigenvalue weighted by Crippen LogP contribution is 2.22. The Kier molecular flexibility index (Phi) is 6.37. The number of rotatable bonds is 6. The van der Waals surface area contributed by atoms with Gasteiger partial charge >= 0.3 is 0 Å². The molecule has 3 heterocycles. The molecular weight excluding hydrogens is 445 g/mol. The van der Waals surface area contributed by atoms with Gasteiger partial charge in [-0.25, -0.2) is 9.49 Å². The Morgan fingerprint density at radius 2 is 1.97 bits per heavy atom. The molecule has 1 atom stereocenters. The van der Waals surface area contributed by atoms with Gasteiger partial charge < -0.3 is 4.90 Å². The van der Waals surface area contributed by atoms with Gasteiger partial charge in [0, 0.05) is 49.9 Å². The standard InChI is InChI=1S/C27H26FN5O2/c1-32(16-19-5-4-11-29-15-19)20-10-12-33(17-20)27(35)23-13-18(8-9-24(23)28)14-25-21-6-2-3-7-22(21)26(34)31-30-25/h2-9,11,13,15,20H,10,12,14,16-17H2,1H3,(H,31,34)/t20-/m1/s1. The van der Waals surface area contributed by atoms with Gasteiger partial charge in [-0.15, -0.1) is 0 Å². The Morgan fingerprint density at radius 1 is 1.14 bits per heavy atom. The molecule has 2 aromatic carbocycles. The second-order valence-electron chi connectivity index (χ2n) is 9.01. The maximum absolute atomic E-state index is 14.7. The van der Waals surface area contributed by atoms with Gasteiger partial charge in [0.1, 0.15) is 5.82 Å². The van der Waals surface area contributed by atoms with Gasteiger partial charge in [-0.05, 0) is 48.9 Å². The molecule has 1 amide bonds. The number of aromatic nitrogens is 3. The fourth-order valence-electron chi connectivity index (χ4n) is 4.71. The molecule has 8 heteroatoms. The number of carbonyl (C=O) groups is 1. The number of nitrogens with one attached hydrogen (secondary N) is 1.